The number of carbonyl (C=O) groups is 1. The van der Waals surface area contributed by atoms with E-state index in [-0.39, 0.29) is 29.1 Å². The van der Waals surface area contributed by atoms with Crippen LogP contribution in [0, 0.1) is 5.82 Å². The van der Waals surface area contributed by atoms with Gasteiger partial charge < -0.3 is 5.32 Å². The molecule has 0 bridgehead atoms. The number of benzene rings is 1. The summed E-state index contributed by atoms with van der Waals surface area (Å²) in [6.45, 7) is 5.67. The molecule has 0 saturated heterocycles. The number of aromatic nitrogens is 4. The van der Waals surface area contributed by atoms with E-state index in [9.17, 15) is 14.0 Å². The lowest BCUT2D eigenvalue weighted by atomic mass is 9.93. The number of thioether (sulfide) groups is 1. The minimum absolute atomic E-state index is 0.108. The highest BCUT2D eigenvalue weighted by molar-refractivity contribution is 8.01. The van der Waals surface area contributed by atoms with E-state index in [1.165, 1.54) is 51.1 Å². The summed E-state index contributed by atoms with van der Waals surface area (Å²) in [4.78, 5) is 26.7. The fourth-order valence-corrected chi connectivity index (χ4v) is 5.47. The molecule has 1 amide bonds. The molecular weight excluding hydrogens is 469 g/mol. The second kappa shape index (κ2) is 9.08. The van der Waals surface area contributed by atoms with E-state index in [2.05, 4.69) is 20.6 Å². The first kappa shape index (κ1) is 22.6. The lowest BCUT2D eigenvalue weighted by molar-refractivity contribution is -0.119. The zero-order chi connectivity index (χ0) is 22.9. The molecule has 3 heterocycles. The van der Waals surface area contributed by atoms with Gasteiger partial charge in [-0.25, -0.2) is 4.39 Å². The molecule has 1 unspecified atom stereocenters. The highest BCUT2D eigenvalue weighted by atomic mass is 32.2. The van der Waals surface area contributed by atoms with E-state index in [4.69, 9.17) is 0 Å². The maximum absolute atomic E-state index is 13.3. The molecule has 4 aromatic rings. The highest BCUT2D eigenvalue weighted by Crippen LogP contribution is 2.28. The van der Waals surface area contributed by atoms with E-state index in [0.29, 0.717) is 15.0 Å². The van der Waals surface area contributed by atoms with Gasteiger partial charge in [0.2, 0.25) is 10.9 Å². The molecule has 11 heteroatoms. The van der Waals surface area contributed by atoms with Gasteiger partial charge in [0.25, 0.3) is 5.56 Å². The molecule has 32 heavy (non-hydrogen) atoms. The Balaban J connectivity index is 1.49. The number of hydrogen-bond donors (Lipinski definition) is 1. The normalized spacial score (nSPS) is 12.8. The Kier molecular flexibility index (Phi) is 6.40. The first-order valence-corrected chi connectivity index (χ1v) is 12.4. The number of fused-ring (bicyclic) bond motifs is 1. The number of carbonyl (C=O) groups excluding carboxylic acids is 1. The largest absolute Gasteiger partial charge is 0.344 e. The number of rotatable bonds is 6. The van der Waals surface area contributed by atoms with Crippen LogP contribution < -0.4 is 10.9 Å². The maximum atomic E-state index is 13.3. The summed E-state index contributed by atoms with van der Waals surface area (Å²) < 4.78 is 15.1. The fraction of sp³-hybridized carbons (Fsp3) is 0.286. The van der Waals surface area contributed by atoms with Crippen molar-refractivity contribution < 1.29 is 9.18 Å². The van der Waals surface area contributed by atoms with Crippen molar-refractivity contribution >= 4 is 45.3 Å². The van der Waals surface area contributed by atoms with Crippen LogP contribution in [0.25, 0.3) is 4.96 Å². The van der Waals surface area contributed by atoms with E-state index in [1.54, 1.807) is 12.1 Å². The van der Waals surface area contributed by atoms with Crippen molar-refractivity contribution in [2.24, 2.45) is 0 Å². The van der Waals surface area contributed by atoms with Crippen LogP contribution in [0.5, 0.6) is 0 Å². The summed E-state index contributed by atoms with van der Waals surface area (Å²) in [5.74, 6) is -0.424. The number of nitrogens with zero attached hydrogens (tertiary/aromatic N) is 4. The van der Waals surface area contributed by atoms with Crippen molar-refractivity contribution in [3.63, 3.8) is 0 Å². The van der Waals surface area contributed by atoms with Crippen molar-refractivity contribution in [3.05, 3.63) is 74.1 Å². The molecule has 1 atom stereocenters. The van der Waals surface area contributed by atoms with Crippen molar-refractivity contribution in [3.8, 4) is 0 Å². The zero-order valence-corrected chi connectivity index (χ0v) is 20.0. The Bertz CT molecular complexity index is 1290. The minimum Gasteiger partial charge on any atom is -0.344 e. The predicted molar refractivity (Wildman–Crippen MR) is 125 cm³/mol. The standard InChI is InChI=1S/C21H20FN5O2S3/c1-21(2,3)17-18(29)27-19(25-24-17)32-20(26-27)31-11-15(28)23-16(14-5-4-10-30-14)12-6-8-13(22)9-7-12/h4-10,16H,11H2,1-3H3,(H,23,28). The van der Waals surface area contributed by atoms with E-state index in [1.807, 2.05) is 38.3 Å². The summed E-state index contributed by atoms with van der Waals surface area (Å²) in [6, 6.07) is 9.55. The van der Waals surface area contributed by atoms with E-state index < -0.39 is 5.41 Å². The summed E-state index contributed by atoms with van der Waals surface area (Å²) in [5.41, 5.74) is 0.389. The molecule has 0 radical (unpaired) electrons. The quantitative estimate of drug-likeness (QED) is 0.411. The van der Waals surface area contributed by atoms with Crippen LogP contribution in [-0.4, -0.2) is 31.5 Å². The molecule has 0 fully saturated rings. The monoisotopic (exact) mass is 489 g/mol. The average molecular weight is 490 g/mol. The van der Waals surface area contributed by atoms with Gasteiger partial charge in [0.1, 0.15) is 11.5 Å². The Hall–Kier alpha value is -2.63. The summed E-state index contributed by atoms with van der Waals surface area (Å²) in [7, 11) is 0. The van der Waals surface area contributed by atoms with Crippen LogP contribution in [0.2, 0.25) is 0 Å². The third-order valence-electron chi connectivity index (χ3n) is 4.55. The lowest BCUT2D eigenvalue weighted by Gasteiger charge is -2.18. The van der Waals surface area contributed by atoms with Gasteiger partial charge >= 0.3 is 0 Å². The molecule has 0 aliphatic rings. The van der Waals surface area contributed by atoms with Gasteiger partial charge in [0.15, 0.2) is 4.34 Å². The van der Waals surface area contributed by atoms with Crippen molar-refractivity contribution in [1.82, 2.24) is 25.1 Å². The second-order valence-electron chi connectivity index (χ2n) is 8.02. The molecule has 0 aliphatic carbocycles. The van der Waals surface area contributed by atoms with Crippen LogP contribution in [0.3, 0.4) is 0 Å². The molecule has 3 aromatic heterocycles. The van der Waals surface area contributed by atoms with Crippen LogP contribution in [0.4, 0.5) is 4.39 Å². The summed E-state index contributed by atoms with van der Waals surface area (Å²) in [6.07, 6.45) is 0. The Morgan fingerprint density at radius 1 is 1.22 bits per heavy atom. The average Bonchev–Trinajstić information content (AvgIpc) is 3.41. The fourth-order valence-electron chi connectivity index (χ4n) is 2.99. The topological polar surface area (TPSA) is 89.2 Å². The van der Waals surface area contributed by atoms with Crippen LogP contribution in [0.1, 0.15) is 42.9 Å². The Morgan fingerprint density at radius 2 is 1.97 bits per heavy atom. The van der Waals surface area contributed by atoms with Crippen molar-refractivity contribution in [2.75, 3.05) is 5.75 Å². The SMILES string of the molecule is CC(C)(C)c1nnc2sc(SCC(=O)NC(c3ccc(F)cc3)c3cccs3)nn2c1=O. The van der Waals surface area contributed by atoms with Gasteiger partial charge in [-0.1, -0.05) is 62.1 Å². The molecule has 0 aliphatic heterocycles. The summed E-state index contributed by atoms with van der Waals surface area (Å²) in [5, 5.41) is 17.4. The number of thiophene rings is 1. The smallest absolute Gasteiger partial charge is 0.297 e. The molecule has 1 N–H and O–H groups in total. The maximum Gasteiger partial charge on any atom is 0.297 e. The van der Waals surface area contributed by atoms with Crippen molar-refractivity contribution in [1.29, 1.82) is 0 Å². The molecule has 1 aromatic carbocycles. The van der Waals surface area contributed by atoms with Gasteiger partial charge in [-0.15, -0.1) is 26.6 Å². The number of halogens is 1. The van der Waals surface area contributed by atoms with Gasteiger partial charge in [-0.05, 0) is 29.1 Å². The van der Waals surface area contributed by atoms with Crippen LogP contribution in [-0.2, 0) is 10.2 Å². The molecule has 7 nitrogen and oxygen atoms in total. The van der Waals surface area contributed by atoms with E-state index in [0.717, 1.165) is 10.4 Å². The number of nitrogens with one attached hydrogen (secondary N) is 1. The highest BCUT2D eigenvalue weighted by Gasteiger charge is 2.23. The van der Waals surface area contributed by atoms with E-state index >= 15 is 0 Å². The van der Waals surface area contributed by atoms with Crippen molar-refractivity contribution in [2.45, 2.75) is 36.6 Å². The molecule has 0 spiro atoms. The molecule has 0 saturated carbocycles. The van der Waals surface area contributed by atoms with Gasteiger partial charge in [-0.3, -0.25) is 9.59 Å². The third-order valence-corrected chi connectivity index (χ3v) is 7.51. The Morgan fingerprint density at radius 3 is 2.62 bits per heavy atom. The number of hydrogen-bond acceptors (Lipinski definition) is 8. The Labute approximate surface area is 195 Å². The van der Waals surface area contributed by atoms with Gasteiger partial charge in [0, 0.05) is 10.3 Å². The predicted octanol–water partition coefficient (Wildman–Crippen LogP) is 4.04. The molecule has 4 rings (SSSR count). The first-order valence-electron chi connectivity index (χ1n) is 9.70. The van der Waals surface area contributed by atoms with Crippen LogP contribution in [0.15, 0.2) is 50.9 Å². The molecule has 166 valence electrons. The van der Waals surface area contributed by atoms with Gasteiger partial charge in [-0.2, -0.15) is 4.52 Å². The van der Waals surface area contributed by atoms with Gasteiger partial charge in [0.05, 0.1) is 11.8 Å². The summed E-state index contributed by atoms with van der Waals surface area (Å²) >= 11 is 3.95. The molecular formula is C21H20FN5O2S3. The zero-order valence-electron chi connectivity index (χ0n) is 17.5. The second-order valence-corrected chi connectivity index (χ2v) is 11.2. The third kappa shape index (κ3) is 4.89. The lowest BCUT2D eigenvalue weighted by Crippen LogP contribution is -2.30. The number of amides is 1. The minimum atomic E-state index is -0.445. The first-order chi connectivity index (χ1) is 15.2. The van der Waals surface area contributed by atoms with Crippen LogP contribution >= 0.6 is 34.4 Å².